The molecular weight excluding hydrogens is 820 g/mol. The second kappa shape index (κ2) is 15.5. The van der Waals surface area contributed by atoms with E-state index in [1.54, 1.807) is 63.0 Å². The van der Waals surface area contributed by atoms with Crippen LogP contribution >= 0.6 is 0 Å². The number of ether oxygens (including phenoxy) is 3. The van der Waals surface area contributed by atoms with Crippen molar-refractivity contribution in [1.82, 2.24) is 4.90 Å². The third-order valence-corrected chi connectivity index (χ3v) is 15.9. The average molecular weight is 867 g/mol. The average Bonchev–Trinajstić information content (AvgIpc) is 3.71. The Labute approximate surface area is 365 Å². The Hall–Kier alpha value is -6.35. The Morgan fingerprint density at radius 1 is 0.778 bits per heavy atom. The molecule has 0 bridgehead atoms. The highest BCUT2D eigenvalue weighted by molar-refractivity contribution is 6.72. The van der Waals surface area contributed by atoms with Gasteiger partial charge in [-0.3, -0.25) is 29.0 Å². The number of amides is 4. The largest absolute Gasteiger partial charge is 0.482 e. The summed E-state index contributed by atoms with van der Waals surface area (Å²) in [5.41, 5.74) is 3.69. The zero-order valence-electron chi connectivity index (χ0n) is 35.2. The third kappa shape index (κ3) is 6.70. The topological polar surface area (TPSA) is 129 Å². The first-order valence-corrected chi connectivity index (χ1v) is 24.3. The fourth-order valence-electron chi connectivity index (χ4n) is 10.6. The summed E-state index contributed by atoms with van der Waals surface area (Å²) in [5.74, 6) is -0.769. The zero-order valence-corrected chi connectivity index (χ0v) is 36.2. The quantitative estimate of drug-likeness (QED) is 0.126. The molecule has 5 atom stereocenters. The predicted molar refractivity (Wildman–Crippen MR) is 236 cm³/mol. The van der Waals surface area contributed by atoms with Crippen molar-refractivity contribution in [3.63, 3.8) is 0 Å². The minimum atomic E-state index is -3.69. The number of halogens is 1. The molecule has 5 aliphatic rings. The van der Waals surface area contributed by atoms with Crippen molar-refractivity contribution in [2.45, 2.75) is 69.2 Å². The number of anilines is 5. The molecule has 0 unspecified atom stereocenters. The molecule has 4 amide bonds. The molecule has 5 aliphatic heterocycles. The van der Waals surface area contributed by atoms with Crippen molar-refractivity contribution >= 4 is 60.5 Å². The van der Waals surface area contributed by atoms with Gasteiger partial charge in [0, 0.05) is 34.9 Å². The second-order valence-corrected chi connectivity index (χ2v) is 21.3. The lowest BCUT2D eigenvalue weighted by atomic mass is 9.82. The maximum atomic E-state index is 17.0. The van der Waals surface area contributed by atoms with Gasteiger partial charge in [0.15, 0.2) is 18.8 Å². The van der Waals surface area contributed by atoms with E-state index >= 15 is 8.90 Å². The first-order valence-electron chi connectivity index (χ1n) is 21.4. The lowest BCUT2D eigenvalue weighted by Crippen LogP contribution is -2.48. The normalized spacial score (nSPS) is 23.9. The third-order valence-electron chi connectivity index (χ3n) is 13.4. The molecule has 12 nitrogen and oxygen atoms in total. The molecule has 63 heavy (non-hydrogen) atoms. The van der Waals surface area contributed by atoms with Gasteiger partial charge in [-0.05, 0) is 90.8 Å². The Morgan fingerprint density at radius 2 is 1.37 bits per heavy atom. The molecule has 5 aromatic carbocycles. The minimum Gasteiger partial charge on any atom is -0.482 e. The van der Waals surface area contributed by atoms with E-state index in [1.165, 1.54) is 0 Å². The first kappa shape index (κ1) is 40.7. The van der Waals surface area contributed by atoms with E-state index in [4.69, 9.17) is 14.2 Å². The lowest BCUT2D eigenvalue weighted by Gasteiger charge is -2.37. The first-order chi connectivity index (χ1) is 30.4. The van der Waals surface area contributed by atoms with Crippen molar-refractivity contribution in [3.05, 3.63) is 138 Å². The van der Waals surface area contributed by atoms with Gasteiger partial charge in [-0.1, -0.05) is 67.6 Å². The van der Waals surface area contributed by atoms with E-state index in [-0.39, 0.29) is 50.5 Å². The monoisotopic (exact) mass is 866 g/mol. The number of fused-ring (bicyclic) bond motifs is 5. The number of carbonyl (C=O) groups excluding carboxylic acids is 4. The smallest absolute Gasteiger partial charge is 0.269 e. The standard InChI is InChI=1S/C49H47FN4O8Si/c1-30-47(63(2,3)50)43(24-44(56)51-26-33-11-5-4-10-32(33)22-36(51)27-55)62-49(30)37-23-35(54-40-13-7-9-15-42(40)61-29-46(54)58)20-21-38(37)52(48(49)59)25-31-16-18-34(19-17-31)53-39-12-6-8-14-41(39)60-28-45(53)57/h4-21,23,30,36,43,47,55H,22,24-29H2,1-3H3/t30-,36-,43+,47-,49+/m0/s1. The van der Waals surface area contributed by atoms with Crippen LogP contribution in [-0.4, -0.2) is 74.0 Å². The molecule has 0 aromatic heterocycles. The van der Waals surface area contributed by atoms with Crippen LogP contribution in [0.4, 0.5) is 32.5 Å². The van der Waals surface area contributed by atoms with E-state index in [2.05, 4.69) is 0 Å². The SMILES string of the molecule is C[C@H]1[C@H]([Si](C)(C)F)[C@@H](CC(=O)N2Cc3ccccc3C[C@H]2CO)O[C@]12C(=O)N(Cc1ccc(N3C(=O)COc4ccccc43)cc1)c1ccc(N3C(=O)COc4ccccc43)cc12. The number of aliphatic hydroxyl groups is 1. The van der Waals surface area contributed by atoms with Gasteiger partial charge in [-0.15, -0.1) is 0 Å². The van der Waals surface area contributed by atoms with Crippen LogP contribution in [0.5, 0.6) is 11.5 Å². The van der Waals surface area contributed by atoms with Gasteiger partial charge >= 0.3 is 0 Å². The van der Waals surface area contributed by atoms with Crippen LogP contribution in [0.2, 0.25) is 18.6 Å². The number of para-hydroxylation sites is 4. The summed E-state index contributed by atoms with van der Waals surface area (Å²) >= 11 is 0. The number of hydrogen-bond acceptors (Lipinski definition) is 8. The number of carbonyl (C=O) groups is 4. The van der Waals surface area contributed by atoms with Crippen molar-refractivity contribution in [2.75, 3.05) is 34.5 Å². The number of hydrogen-bond donors (Lipinski definition) is 1. The van der Waals surface area contributed by atoms with Gasteiger partial charge in [0.2, 0.25) is 14.3 Å². The zero-order chi connectivity index (χ0) is 43.8. The second-order valence-electron chi connectivity index (χ2n) is 17.5. The summed E-state index contributed by atoms with van der Waals surface area (Å²) in [5, 5.41) is 10.4. The molecule has 1 saturated heterocycles. The molecule has 0 radical (unpaired) electrons. The van der Waals surface area contributed by atoms with Gasteiger partial charge in [0.25, 0.3) is 17.7 Å². The number of aliphatic hydroxyl groups excluding tert-OH is 1. The van der Waals surface area contributed by atoms with E-state index in [0.29, 0.717) is 58.5 Å². The molecular formula is C49H47FN4O8Si. The van der Waals surface area contributed by atoms with E-state index in [1.807, 2.05) is 91.9 Å². The lowest BCUT2D eigenvalue weighted by molar-refractivity contribution is -0.151. The number of nitrogens with zero attached hydrogens (tertiary/aromatic N) is 4. The Balaban J connectivity index is 1.03. The summed E-state index contributed by atoms with van der Waals surface area (Å²) < 4.78 is 35.4. The van der Waals surface area contributed by atoms with Crippen LogP contribution in [0.3, 0.4) is 0 Å². The van der Waals surface area contributed by atoms with Crippen molar-refractivity contribution in [1.29, 1.82) is 0 Å². The molecule has 10 rings (SSSR count). The van der Waals surface area contributed by atoms with Crippen LogP contribution in [0.25, 0.3) is 0 Å². The highest BCUT2D eigenvalue weighted by atomic mass is 28.4. The predicted octanol–water partition coefficient (Wildman–Crippen LogP) is 7.46. The van der Waals surface area contributed by atoms with Crippen molar-refractivity contribution in [2.24, 2.45) is 5.92 Å². The van der Waals surface area contributed by atoms with E-state index < -0.39 is 43.5 Å². The Kier molecular flexibility index (Phi) is 9.99. The molecule has 322 valence electrons. The summed E-state index contributed by atoms with van der Waals surface area (Å²) in [7, 11) is -3.69. The minimum absolute atomic E-state index is 0.0954. The fourth-order valence-corrected chi connectivity index (χ4v) is 13.1. The Morgan fingerprint density at radius 3 is 2.00 bits per heavy atom. The van der Waals surface area contributed by atoms with Gasteiger partial charge in [-0.2, -0.15) is 0 Å². The summed E-state index contributed by atoms with van der Waals surface area (Å²) in [4.78, 5) is 63.2. The summed E-state index contributed by atoms with van der Waals surface area (Å²) in [6.07, 6.45) is -0.658. The van der Waals surface area contributed by atoms with E-state index in [0.717, 1.165) is 16.7 Å². The highest BCUT2D eigenvalue weighted by Gasteiger charge is 2.67. The number of benzene rings is 5. The maximum absolute atomic E-state index is 17.0. The van der Waals surface area contributed by atoms with Gasteiger partial charge in [-0.25, -0.2) is 0 Å². The Bertz CT molecular complexity index is 2670. The van der Waals surface area contributed by atoms with Gasteiger partial charge < -0.3 is 33.2 Å². The van der Waals surface area contributed by atoms with Crippen LogP contribution in [0.15, 0.2) is 115 Å². The fraction of sp³-hybridized carbons (Fsp3) is 0.306. The van der Waals surface area contributed by atoms with Crippen molar-refractivity contribution in [3.8, 4) is 11.5 Å². The van der Waals surface area contributed by atoms with Crippen LogP contribution in [0, 0.1) is 5.92 Å². The van der Waals surface area contributed by atoms with Crippen LogP contribution < -0.4 is 24.2 Å². The molecule has 14 heteroatoms. The van der Waals surface area contributed by atoms with E-state index in [9.17, 15) is 19.5 Å². The molecule has 0 aliphatic carbocycles. The van der Waals surface area contributed by atoms with Crippen LogP contribution in [-0.2, 0) is 49.0 Å². The molecule has 1 spiro atoms. The number of rotatable bonds is 8. The van der Waals surface area contributed by atoms with Crippen LogP contribution in [0.1, 0.15) is 35.6 Å². The molecule has 1 N–H and O–H groups in total. The molecule has 1 fully saturated rings. The molecule has 0 saturated carbocycles. The molecule has 5 heterocycles. The summed E-state index contributed by atoms with van der Waals surface area (Å²) in [6, 6.07) is 34.7. The maximum Gasteiger partial charge on any atom is 0.269 e. The van der Waals surface area contributed by atoms with Gasteiger partial charge in [0.05, 0.1) is 48.8 Å². The highest BCUT2D eigenvalue weighted by Crippen LogP contribution is 2.61. The van der Waals surface area contributed by atoms with Crippen molar-refractivity contribution < 1.29 is 42.6 Å². The molecule has 5 aromatic rings. The summed E-state index contributed by atoms with van der Waals surface area (Å²) in [6.45, 7) is 4.94. The van der Waals surface area contributed by atoms with Gasteiger partial charge in [0.1, 0.15) is 11.5 Å².